The lowest BCUT2D eigenvalue weighted by molar-refractivity contribution is 0.102. The number of rotatable bonds is 6. The van der Waals surface area contributed by atoms with Crippen molar-refractivity contribution in [1.29, 1.82) is 0 Å². The molecule has 0 atom stereocenters. The van der Waals surface area contributed by atoms with Crippen molar-refractivity contribution in [3.63, 3.8) is 0 Å². The Balaban J connectivity index is 1.75. The van der Waals surface area contributed by atoms with Gasteiger partial charge in [-0.15, -0.1) is 0 Å². The molecule has 1 amide bonds. The van der Waals surface area contributed by atoms with Crippen LogP contribution in [0.25, 0.3) is 0 Å². The Bertz CT molecular complexity index is 731. The molecule has 0 bridgehead atoms. The van der Waals surface area contributed by atoms with Crippen LogP contribution in [0, 0.1) is 6.92 Å². The molecule has 2 aromatic rings. The molecular weight excluding hydrogens is 300 g/mol. The zero-order valence-corrected chi connectivity index (χ0v) is 14.5. The van der Waals surface area contributed by atoms with Crippen LogP contribution in [-0.4, -0.2) is 22.0 Å². The predicted molar refractivity (Wildman–Crippen MR) is 96.3 cm³/mol. The van der Waals surface area contributed by atoms with Gasteiger partial charge in [-0.05, 0) is 68.8 Å². The smallest absolute Gasteiger partial charge is 0.258 e. The van der Waals surface area contributed by atoms with Gasteiger partial charge in [-0.3, -0.25) is 4.79 Å². The third-order valence-corrected chi connectivity index (χ3v) is 5.08. The van der Waals surface area contributed by atoms with Crippen molar-refractivity contribution in [2.45, 2.75) is 44.9 Å². The lowest BCUT2D eigenvalue weighted by atomic mass is 9.83. The van der Waals surface area contributed by atoms with Crippen LogP contribution in [0.2, 0.25) is 0 Å². The molecule has 0 aliphatic heterocycles. The summed E-state index contributed by atoms with van der Waals surface area (Å²) in [5.41, 5.74) is 9.73. The average Bonchev–Trinajstić information content (AvgIpc) is 2.81. The second kappa shape index (κ2) is 7.18. The second-order valence-electron chi connectivity index (χ2n) is 6.65. The van der Waals surface area contributed by atoms with Crippen LogP contribution in [0.1, 0.15) is 58.9 Å². The van der Waals surface area contributed by atoms with Crippen LogP contribution in [0.5, 0.6) is 0 Å². The molecular formula is C19H26N4O. The number of nitrogens with zero attached hydrogens (tertiary/aromatic N) is 2. The molecule has 128 valence electrons. The first kappa shape index (κ1) is 16.7. The van der Waals surface area contributed by atoms with Crippen molar-refractivity contribution < 1.29 is 4.79 Å². The summed E-state index contributed by atoms with van der Waals surface area (Å²) in [5.74, 6) is 1.12. The maximum absolute atomic E-state index is 12.7. The number of nitrogens with two attached hydrogens (primary N) is 1. The SMILES string of the molecule is Cc1c(C(=O)Nc2cc(CCCN)ccn2)cc(C2CCC2)n1C. The van der Waals surface area contributed by atoms with E-state index in [4.69, 9.17) is 5.73 Å². The van der Waals surface area contributed by atoms with E-state index in [1.807, 2.05) is 32.2 Å². The molecule has 0 radical (unpaired) electrons. The molecule has 1 aliphatic rings. The number of hydrogen-bond acceptors (Lipinski definition) is 3. The number of carbonyl (C=O) groups is 1. The van der Waals surface area contributed by atoms with Gasteiger partial charge in [-0.25, -0.2) is 4.98 Å². The number of amides is 1. The highest BCUT2D eigenvalue weighted by atomic mass is 16.1. The second-order valence-corrected chi connectivity index (χ2v) is 6.65. The minimum absolute atomic E-state index is 0.0860. The Morgan fingerprint density at radius 2 is 2.21 bits per heavy atom. The maximum atomic E-state index is 12.7. The zero-order chi connectivity index (χ0) is 17.1. The minimum Gasteiger partial charge on any atom is -0.351 e. The highest BCUT2D eigenvalue weighted by molar-refractivity contribution is 6.04. The van der Waals surface area contributed by atoms with Gasteiger partial charge in [0.15, 0.2) is 0 Å². The summed E-state index contributed by atoms with van der Waals surface area (Å²) in [6.45, 7) is 2.67. The quantitative estimate of drug-likeness (QED) is 0.856. The molecule has 1 aliphatic carbocycles. The van der Waals surface area contributed by atoms with Gasteiger partial charge in [-0.1, -0.05) is 6.42 Å². The molecule has 1 saturated carbocycles. The van der Waals surface area contributed by atoms with E-state index >= 15 is 0 Å². The highest BCUT2D eigenvalue weighted by Crippen LogP contribution is 2.37. The standard InChI is InChI=1S/C19H26N4O/c1-13-16(12-17(23(13)2)15-6-3-7-15)19(24)22-18-11-14(5-4-9-20)8-10-21-18/h8,10-12,15H,3-7,9,20H2,1-2H3,(H,21,22,24). The molecule has 1 fully saturated rings. The molecule has 24 heavy (non-hydrogen) atoms. The topological polar surface area (TPSA) is 72.9 Å². The molecule has 5 nitrogen and oxygen atoms in total. The van der Waals surface area contributed by atoms with Crippen LogP contribution in [0.4, 0.5) is 5.82 Å². The summed E-state index contributed by atoms with van der Waals surface area (Å²) in [6, 6.07) is 5.94. The molecule has 5 heteroatoms. The first-order valence-electron chi connectivity index (χ1n) is 8.72. The van der Waals surface area contributed by atoms with E-state index in [2.05, 4.69) is 14.9 Å². The van der Waals surface area contributed by atoms with E-state index in [0.717, 1.165) is 29.7 Å². The summed E-state index contributed by atoms with van der Waals surface area (Å²) in [5, 5.41) is 2.94. The Labute approximate surface area is 143 Å². The number of anilines is 1. The van der Waals surface area contributed by atoms with Crippen molar-refractivity contribution in [1.82, 2.24) is 9.55 Å². The Morgan fingerprint density at radius 1 is 1.42 bits per heavy atom. The van der Waals surface area contributed by atoms with Gasteiger partial charge in [0.25, 0.3) is 5.91 Å². The molecule has 0 spiro atoms. The van der Waals surface area contributed by atoms with Crippen LogP contribution in [0.3, 0.4) is 0 Å². The highest BCUT2D eigenvalue weighted by Gasteiger charge is 2.25. The number of carbonyl (C=O) groups excluding carboxylic acids is 1. The van der Waals surface area contributed by atoms with Gasteiger partial charge in [-0.2, -0.15) is 0 Å². The van der Waals surface area contributed by atoms with Gasteiger partial charge in [0.05, 0.1) is 5.56 Å². The van der Waals surface area contributed by atoms with Gasteiger partial charge in [0.2, 0.25) is 0 Å². The van der Waals surface area contributed by atoms with Crippen molar-refractivity contribution in [3.8, 4) is 0 Å². The summed E-state index contributed by atoms with van der Waals surface area (Å²) in [7, 11) is 2.05. The van der Waals surface area contributed by atoms with Crippen molar-refractivity contribution >= 4 is 11.7 Å². The largest absolute Gasteiger partial charge is 0.351 e. The summed E-state index contributed by atoms with van der Waals surface area (Å²) >= 11 is 0. The predicted octanol–water partition coefficient (Wildman–Crippen LogP) is 3.14. The summed E-state index contributed by atoms with van der Waals surface area (Å²) < 4.78 is 2.16. The number of nitrogens with one attached hydrogen (secondary N) is 1. The van der Waals surface area contributed by atoms with E-state index in [9.17, 15) is 4.79 Å². The summed E-state index contributed by atoms with van der Waals surface area (Å²) in [4.78, 5) is 16.9. The first-order chi connectivity index (χ1) is 11.6. The van der Waals surface area contributed by atoms with Gasteiger partial charge in [0.1, 0.15) is 5.82 Å². The Hall–Kier alpha value is -2.14. The van der Waals surface area contributed by atoms with E-state index < -0.39 is 0 Å². The molecule has 3 rings (SSSR count). The number of aromatic nitrogens is 2. The number of aryl methyl sites for hydroxylation is 1. The lowest BCUT2D eigenvalue weighted by Crippen LogP contribution is -2.14. The third kappa shape index (κ3) is 3.36. The molecule has 2 aromatic heterocycles. The van der Waals surface area contributed by atoms with Gasteiger partial charge >= 0.3 is 0 Å². The van der Waals surface area contributed by atoms with Crippen molar-refractivity contribution in [2.24, 2.45) is 12.8 Å². The monoisotopic (exact) mass is 326 g/mol. The van der Waals surface area contributed by atoms with Gasteiger partial charge in [0, 0.05) is 24.6 Å². The first-order valence-corrected chi connectivity index (χ1v) is 8.72. The average molecular weight is 326 g/mol. The zero-order valence-electron chi connectivity index (χ0n) is 14.5. The molecule has 0 unspecified atom stereocenters. The van der Waals surface area contributed by atoms with E-state index in [1.54, 1.807) is 6.20 Å². The van der Waals surface area contributed by atoms with E-state index in [-0.39, 0.29) is 5.91 Å². The molecule has 2 heterocycles. The summed E-state index contributed by atoms with van der Waals surface area (Å²) in [6.07, 6.45) is 7.30. The van der Waals surface area contributed by atoms with Crippen LogP contribution in [0.15, 0.2) is 24.4 Å². The lowest BCUT2D eigenvalue weighted by Gasteiger charge is -2.26. The molecule has 3 N–H and O–H groups in total. The Kier molecular flexibility index (Phi) is 5.00. The van der Waals surface area contributed by atoms with Crippen molar-refractivity contribution in [2.75, 3.05) is 11.9 Å². The number of hydrogen-bond donors (Lipinski definition) is 2. The van der Waals surface area contributed by atoms with Crippen LogP contribution < -0.4 is 11.1 Å². The van der Waals surface area contributed by atoms with Crippen molar-refractivity contribution in [3.05, 3.63) is 46.9 Å². The fourth-order valence-corrected chi connectivity index (χ4v) is 3.24. The number of pyridine rings is 1. The van der Waals surface area contributed by atoms with Crippen LogP contribution in [-0.2, 0) is 13.5 Å². The molecule has 0 saturated heterocycles. The minimum atomic E-state index is -0.0860. The third-order valence-electron chi connectivity index (χ3n) is 5.08. The van der Waals surface area contributed by atoms with E-state index in [0.29, 0.717) is 18.3 Å². The Morgan fingerprint density at radius 3 is 2.88 bits per heavy atom. The van der Waals surface area contributed by atoms with E-state index in [1.165, 1.54) is 25.0 Å². The van der Waals surface area contributed by atoms with Crippen LogP contribution >= 0.6 is 0 Å². The fourth-order valence-electron chi connectivity index (χ4n) is 3.24. The van der Waals surface area contributed by atoms with Gasteiger partial charge < -0.3 is 15.6 Å². The molecule has 0 aromatic carbocycles. The normalized spacial score (nSPS) is 14.5. The maximum Gasteiger partial charge on any atom is 0.258 e. The fraction of sp³-hybridized carbons (Fsp3) is 0.474.